The van der Waals surface area contributed by atoms with Crippen LogP contribution in [0.3, 0.4) is 0 Å². The van der Waals surface area contributed by atoms with Crippen LogP contribution in [0.25, 0.3) is 0 Å². The van der Waals surface area contributed by atoms with E-state index in [4.69, 9.17) is 0 Å². The molecule has 162 valence electrons. The predicted octanol–water partition coefficient (Wildman–Crippen LogP) is 2.48. The summed E-state index contributed by atoms with van der Waals surface area (Å²) in [4.78, 5) is 16.9. The lowest BCUT2D eigenvalue weighted by Crippen LogP contribution is -2.59. The van der Waals surface area contributed by atoms with Crippen molar-refractivity contribution in [3.8, 4) is 0 Å². The number of likely N-dealkylation sites (tertiary alicyclic amines) is 1. The van der Waals surface area contributed by atoms with Crippen LogP contribution < -0.4 is 0 Å². The third kappa shape index (κ3) is 4.20. The van der Waals surface area contributed by atoms with E-state index in [-0.39, 0.29) is 22.3 Å². The molecule has 2 fully saturated rings. The van der Waals surface area contributed by atoms with Crippen molar-refractivity contribution in [2.75, 3.05) is 39.3 Å². The highest BCUT2D eigenvalue weighted by molar-refractivity contribution is 7.89. The quantitative estimate of drug-likeness (QED) is 0.727. The molecular weight excluding hydrogens is 393 g/mol. The Morgan fingerprint density at radius 2 is 1.83 bits per heavy atom. The Kier molecular flexibility index (Phi) is 6.36. The van der Waals surface area contributed by atoms with Crippen LogP contribution in [0.4, 0.5) is 4.39 Å². The summed E-state index contributed by atoms with van der Waals surface area (Å²) in [5.74, 6) is -0.225. The maximum Gasteiger partial charge on any atom is 0.243 e. The smallest absolute Gasteiger partial charge is 0.243 e. The van der Waals surface area contributed by atoms with Gasteiger partial charge < -0.3 is 4.90 Å². The number of carbonyl (C=O) groups excluding carboxylic acids is 1. The molecule has 1 amide bonds. The van der Waals surface area contributed by atoms with Gasteiger partial charge in [0.15, 0.2) is 0 Å². The van der Waals surface area contributed by atoms with Crippen molar-refractivity contribution in [3.63, 3.8) is 0 Å². The van der Waals surface area contributed by atoms with Gasteiger partial charge >= 0.3 is 0 Å². The highest BCUT2D eigenvalue weighted by Gasteiger charge is 2.45. The SMILES string of the molecule is CCC1(N2CCN(S(=O)(=O)c3ccc(F)c(C)c3)CC2)CCN(C(=O)C(C)C)C1. The number of halogens is 1. The van der Waals surface area contributed by atoms with Crippen LogP contribution in [-0.4, -0.2) is 73.2 Å². The molecule has 8 heteroatoms. The lowest BCUT2D eigenvalue weighted by Gasteiger charge is -2.45. The summed E-state index contributed by atoms with van der Waals surface area (Å²) in [5.41, 5.74) is 0.253. The third-order valence-corrected chi connectivity index (χ3v) is 8.37. The van der Waals surface area contributed by atoms with Gasteiger partial charge in [0.2, 0.25) is 15.9 Å². The Bertz CT molecular complexity index is 866. The second-order valence-corrected chi connectivity index (χ2v) is 10.5. The predicted molar refractivity (Wildman–Crippen MR) is 111 cm³/mol. The minimum atomic E-state index is -3.63. The van der Waals surface area contributed by atoms with E-state index < -0.39 is 15.8 Å². The molecule has 2 saturated heterocycles. The van der Waals surface area contributed by atoms with Gasteiger partial charge in [-0.05, 0) is 43.5 Å². The molecule has 2 heterocycles. The van der Waals surface area contributed by atoms with E-state index in [1.54, 1.807) is 6.92 Å². The monoisotopic (exact) mass is 425 g/mol. The molecule has 0 bridgehead atoms. The van der Waals surface area contributed by atoms with Gasteiger partial charge in [0, 0.05) is 50.7 Å². The molecule has 2 aliphatic heterocycles. The van der Waals surface area contributed by atoms with Crippen molar-refractivity contribution in [3.05, 3.63) is 29.6 Å². The molecule has 1 aromatic carbocycles. The van der Waals surface area contributed by atoms with E-state index in [0.717, 1.165) is 19.4 Å². The Morgan fingerprint density at radius 1 is 1.17 bits per heavy atom. The molecule has 0 radical (unpaired) electrons. The molecule has 0 spiro atoms. The number of nitrogens with zero attached hydrogens (tertiary/aromatic N) is 3. The van der Waals surface area contributed by atoms with Crippen molar-refractivity contribution in [1.82, 2.24) is 14.1 Å². The Balaban J connectivity index is 1.69. The summed E-state index contributed by atoms with van der Waals surface area (Å²) in [6, 6.07) is 3.95. The van der Waals surface area contributed by atoms with E-state index in [2.05, 4.69) is 11.8 Å². The van der Waals surface area contributed by atoms with Gasteiger partial charge in [0.1, 0.15) is 5.82 Å². The zero-order valence-corrected chi connectivity index (χ0v) is 18.6. The van der Waals surface area contributed by atoms with E-state index >= 15 is 0 Å². The maximum atomic E-state index is 13.5. The Labute approximate surface area is 173 Å². The molecule has 2 aliphatic rings. The molecule has 3 rings (SSSR count). The number of hydrogen-bond acceptors (Lipinski definition) is 4. The van der Waals surface area contributed by atoms with E-state index in [9.17, 15) is 17.6 Å². The first-order valence-electron chi connectivity index (χ1n) is 10.4. The molecule has 0 aliphatic carbocycles. The van der Waals surface area contributed by atoms with Gasteiger partial charge in [-0.1, -0.05) is 20.8 Å². The van der Waals surface area contributed by atoms with Crippen molar-refractivity contribution in [2.45, 2.75) is 51.0 Å². The summed E-state index contributed by atoms with van der Waals surface area (Å²) >= 11 is 0. The fourth-order valence-electron chi connectivity index (χ4n) is 4.51. The zero-order chi connectivity index (χ0) is 21.4. The summed E-state index contributed by atoms with van der Waals surface area (Å²) in [7, 11) is -3.63. The molecule has 6 nitrogen and oxygen atoms in total. The molecule has 1 atom stereocenters. The van der Waals surface area contributed by atoms with Crippen LogP contribution in [0.2, 0.25) is 0 Å². The lowest BCUT2D eigenvalue weighted by atomic mass is 9.92. The number of aryl methyl sites for hydroxylation is 1. The van der Waals surface area contributed by atoms with E-state index in [0.29, 0.717) is 38.3 Å². The van der Waals surface area contributed by atoms with Crippen LogP contribution in [-0.2, 0) is 14.8 Å². The van der Waals surface area contributed by atoms with Gasteiger partial charge in [0.05, 0.1) is 4.90 Å². The Hall–Kier alpha value is -1.51. The van der Waals surface area contributed by atoms with Crippen LogP contribution >= 0.6 is 0 Å². The minimum Gasteiger partial charge on any atom is -0.341 e. The normalized spacial score (nSPS) is 24.4. The van der Waals surface area contributed by atoms with Gasteiger partial charge in [0.25, 0.3) is 0 Å². The van der Waals surface area contributed by atoms with Gasteiger partial charge in [-0.2, -0.15) is 4.31 Å². The zero-order valence-electron chi connectivity index (χ0n) is 17.8. The summed E-state index contributed by atoms with van der Waals surface area (Å²) in [5, 5.41) is 0. The molecule has 1 unspecified atom stereocenters. The molecule has 0 aromatic heterocycles. The van der Waals surface area contributed by atoms with E-state index in [1.165, 1.54) is 22.5 Å². The number of amides is 1. The highest BCUT2D eigenvalue weighted by Crippen LogP contribution is 2.33. The van der Waals surface area contributed by atoms with Crippen molar-refractivity contribution < 1.29 is 17.6 Å². The van der Waals surface area contributed by atoms with E-state index in [1.807, 2.05) is 18.7 Å². The largest absolute Gasteiger partial charge is 0.341 e. The molecule has 1 aromatic rings. The van der Waals surface area contributed by atoms with Gasteiger partial charge in [-0.15, -0.1) is 0 Å². The van der Waals surface area contributed by atoms with Crippen LogP contribution in [0.15, 0.2) is 23.1 Å². The molecular formula is C21H32FN3O3S. The van der Waals surface area contributed by atoms with Crippen LogP contribution in [0, 0.1) is 18.7 Å². The summed E-state index contributed by atoms with van der Waals surface area (Å²) in [6.45, 7) is 11.1. The van der Waals surface area contributed by atoms with Crippen molar-refractivity contribution in [2.24, 2.45) is 5.92 Å². The average Bonchev–Trinajstić information content (AvgIpc) is 3.15. The fourth-order valence-corrected chi connectivity index (χ4v) is 6.02. The fraction of sp³-hybridized carbons (Fsp3) is 0.667. The minimum absolute atomic E-state index is 0.0104. The first kappa shape index (κ1) is 22.2. The maximum absolute atomic E-state index is 13.5. The van der Waals surface area contributed by atoms with Crippen molar-refractivity contribution in [1.29, 1.82) is 0 Å². The highest BCUT2D eigenvalue weighted by atomic mass is 32.2. The average molecular weight is 426 g/mol. The lowest BCUT2D eigenvalue weighted by molar-refractivity contribution is -0.134. The topological polar surface area (TPSA) is 60.9 Å². The standard InChI is InChI=1S/C21H32FN3O3S/c1-5-21(8-9-23(15-21)20(26)16(2)3)24-10-12-25(13-11-24)29(27,28)18-6-7-19(22)17(4)14-18/h6-7,14,16H,5,8-13,15H2,1-4H3. The number of hydrogen-bond donors (Lipinski definition) is 0. The number of benzene rings is 1. The Morgan fingerprint density at radius 3 is 2.38 bits per heavy atom. The second kappa shape index (κ2) is 8.32. The number of rotatable bonds is 5. The summed E-state index contributed by atoms with van der Waals surface area (Å²) in [6.07, 6.45) is 1.85. The molecule has 0 saturated carbocycles. The van der Waals surface area contributed by atoms with Crippen LogP contribution in [0.1, 0.15) is 39.2 Å². The number of carbonyl (C=O) groups is 1. The third-order valence-electron chi connectivity index (χ3n) is 6.47. The van der Waals surface area contributed by atoms with Crippen molar-refractivity contribution >= 4 is 15.9 Å². The first-order chi connectivity index (χ1) is 13.6. The summed E-state index contributed by atoms with van der Waals surface area (Å²) < 4.78 is 41.0. The molecule has 0 N–H and O–H groups in total. The number of sulfonamides is 1. The number of piperazine rings is 1. The van der Waals surface area contributed by atoms with Gasteiger partial charge in [-0.3, -0.25) is 9.69 Å². The first-order valence-corrected chi connectivity index (χ1v) is 11.8. The molecule has 29 heavy (non-hydrogen) atoms. The van der Waals surface area contributed by atoms with Gasteiger partial charge in [-0.25, -0.2) is 12.8 Å². The second-order valence-electron chi connectivity index (χ2n) is 8.54. The van der Waals surface area contributed by atoms with Crippen LogP contribution in [0.5, 0.6) is 0 Å².